The molecule has 0 radical (unpaired) electrons. The molecule has 0 fully saturated rings. The van der Waals surface area contributed by atoms with Gasteiger partial charge in [-0.2, -0.15) is 0 Å². The Morgan fingerprint density at radius 3 is 2.76 bits per heavy atom. The monoisotopic (exact) mass is 295 g/mol. The van der Waals surface area contributed by atoms with E-state index in [0.29, 0.717) is 12.0 Å². The van der Waals surface area contributed by atoms with Crippen LogP contribution in [0.5, 0.6) is 0 Å². The summed E-state index contributed by atoms with van der Waals surface area (Å²) in [4.78, 5) is 24.9. The average Bonchev–Trinajstić information content (AvgIpc) is 2.32. The molecule has 1 aliphatic heterocycles. The standard InChI is InChI=1S/C13H14BrNO2/c1-8(14)13(17)10-3-5-11-9(7-10)4-6-12(16)15(11)2/h3,5,7-8H,4,6H2,1-2H3. The zero-order valence-electron chi connectivity index (χ0n) is 9.87. The zero-order chi connectivity index (χ0) is 12.6. The van der Waals surface area contributed by atoms with Gasteiger partial charge in [0.25, 0.3) is 0 Å². The lowest BCUT2D eigenvalue weighted by Crippen LogP contribution is -2.31. The highest BCUT2D eigenvalue weighted by molar-refractivity contribution is 9.10. The molecule has 0 N–H and O–H groups in total. The number of fused-ring (bicyclic) bond motifs is 1. The molecule has 1 atom stereocenters. The Labute approximate surface area is 109 Å². The number of rotatable bonds is 2. The van der Waals surface area contributed by atoms with Gasteiger partial charge in [0.2, 0.25) is 5.91 Å². The van der Waals surface area contributed by atoms with E-state index in [1.807, 2.05) is 19.1 Å². The lowest BCUT2D eigenvalue weighted by atomic mass is 9.97. The largest absolute Gasteiger partial charge is 0.315 e. The summed E-state index contributed by atoms with van der Waals surface area (Å²) in [5.41, 5.74) is 2.70. The molecule has 2 rings (SSSR count). The topological polar surface area (TPSA) is 37.4 Å². The number of hydrogen-bond acceptors (Lipinski definition) is 2. The maximum Gasteiger partial charge on any atom is 0.227 e. The van der Waals surface area contributed by atoms with E-state index in [1.165, 1.54) is 0 Å². The van der Waals surface area contributed by atoms with Crippen LogP contribution in [0.4, 0.5) is 5.69 Å². The van der Waals surface area contributed by atoms with E-state index < -0.39 is 0 Å². The molecule has 4 heteroatoms. The molecule has 90 valence electrons. The highest BCUT2D eigenvalue weighted by Gasteiger charge is 2.22. The molecule has 1 amide bonds. The Bertz CT molecular complexity index is 482. The van der Waals surface area contributed by atoms with E-state index in [4.69, 9.17) is 0 Å². The maximum atomic E-state index is 11.8. The van der Waals surface area contributed by atoms with Crippen LogP contribution in [-0.2, 0) is 11.2 Å². The quantitative estimate of drug-likeness (QED) is 0.621. The van der Waals surface area contributed by atoms with E-state index in [9.17, 15) is 9.59 Å². The van der Waals surface area contributed by atoms with Crippen LogP contribution in [0.2, 0.25) is 0 Å². The molecule has 17 heavy (non-hydrogen) atoms. The second kappa shape index (κ2) is 4.61. The van der Waals surface area contributed by atoms with Gasteiger partial charge in [0.1, 0.15) is 0 Å². The zero-order valence-corrected chi connectivity index (χ0v) is 11.5. The van der Waals surface area contributed by atoms with Gasteiger partial charge >= 0.3 is 0 Å². The van der Waals surface area contributed by atoms with E-state index in [1.54, 1.807) is 18.0 Å². The second-order valence-corrected chi connectivity index (χ2v) is 5.65. The SMILES string of the molecule is CC(Br)C(=O)c1ccc2c(c1)CCC(=O)N2C. The van der Waals surface area contributed by atoms with Crippen molar-refractivity contribution in [3.05, 3.63) is 29.3 Å². The molecule has 0 saturated heterocycles. The summed E-state index contributed by atoms with van der Waals surface area (Å²) in [5, 5.41) is 0. The van der Waals surface area contributed by atoms with Crippen LogP contribution >= 0.6 is 15.9 Å². The van der Waals surface area contributed by atoms with Gasteiger partial charge in [0, 0.05) is 24.7 Å². The number of carbonyl (C=O) groups is 2. The van der Waals surface area contributed by atoms with Crippen molar-refractivity contribution in [2.45, 2.75) is 24.6 Å². The minimum Gasteiger partial charge on any atom is -0.315 e. The van der Waals surface area contributed by atoms with Gasteiger partial charge < -0.3 is 4.90 Å². The van der Waals surface area contributed by atoms with Crippen LogP contribution in [0.1, 0.15) is 29.3 Å². The van der Waals surface area contributed by atoms with Crippen molar-refractivity contribution in [1.82, 2.24) is 0 Å². The first-order valence-corrected chi connectivity index (χ1v) is 6.50. The molecule has 1 unspecified atom stereocenters. The Morgan fingerprint density at radius 2 is 2.12 bits per heavy atom. The van der Waals surface area contributed by atoms with Crippen LogP contribution in [0.25, 0.3) is 0 Å². The lowest BCUT2D eigenvalue weighted by Gasteiger charge is -2.26. The fourth-order valence-electron chi connectivity index (χ4n) is 2.04. The minimum absolute atomic E-state index is 0.0763. The van der Waals surface area contributed by atoms with Gasteiger partial charge in [-0.25, -0.2) is 0 Å². The molecule has 0 saturated carbocycles. The molecule has 3 nitrogen and oxygen atoms in total. The molecule has 1 aliphatic rings. The number of benzene rings is 1. The highest BCUT2D eigenvalue weighted by atomic mass is 79.9. The molecule has 0 bridgehead atoms. The lowest BCUT2D eigenvalue weighted by molar-refractivity contribution is -0.118. The van der Waals surface area contributed by atoms with Gasteiger partial charge in [-0.05, 0) is 37.1 Å². The Kier molecular flexibility index (Phi) is 3.33. The summed E-state index contributed by atoms with van der Waals surface area (Å²) >= 11 is 3.28. The summed E-state index contributed by atoms with van der Waals surface area (Å²) in [6, 6.07) is 5.54. The normalized spacial score (nSPS) is 16.6. The third-order valence-corrected chi connectivity index (χ3v) is 3.48. The van der Waals surface area contributed by atoms with Gasteiger partial charge in [0.05, 0.1) is 4.83 Å². The summed E-state index contributed by atoms with van der Waals surface area (Å²) in [7, 11) is 1.77. The Hall–Kier alpha value is -1.16. The third kappa shape index (κ3) is 2.27. The minimum atomic E-state index is -0.177. The molecule has 1 heterocycles. The van der Waals surface area contributed by atoms with Gasteiger partial charge in [0.15, 0.2) is 5.78 Å². The smallest absolute Gasteiger partial charge is 0.227 e. The molecule has 0 aromatic heterocycles. The Balaban J connectivity index is 2.39. The number of halogens is 1. The number of Topliss-reactive ketones (excluding diaryl/α,β-unsaturated/α-hetero) is 1. The van der Waals surface area contributed by atoms with Crippen molar-refractivity contribution in [3.8, 4) is 0 Å². The Morgan fingerprint density at radius 1 is 1.41 bits per heavy atom. The first-order chi connectivity index (χ1) is 8.00. The summed E-state index contributed by atoms with van der Waals surface area (Å²) < 4.78 is 0. The van der Waals surface area contributed by atoms with Crippen LogP contribution in [0.3, 0.4) is 0 Å². The summed E-state index contributed by atoms with van der Waals surface area (Å²) in [6.45, 7) is 1.82. The van der Waals surface area contributed by atoms with Crippen molar-refractivity contribution >= 4 is 33.3 Å². The van der Waals surface area contributed by atoms with Gasteiger partial charge in [-0.15, -0.1) is 0 Å². The van der Waals surface area contributed by atoms with E-state index in [-0.39, 0.29) is 16.5 Å². The molecular formula is C13H14BrNO2. The molecule has 1 aromatic rings. The molecule has 0 spiro atoms. The van der Waals surface area contributed by atoms with E-state index >= 15 is 0 Å². The van der Waals surface area contributed by atoms with Gasteiger partial charge in [-0.1, -0.05) is 15.9 Å². The number of ketones is 1. The van der Waals surface area contributed by atoms with Crippen molar-refractivity contribution in [1.29, 1.82) is 0 Å². The van der Waals surface area contributed by atoms with Crippen LogP contribution in [0, 0.1) is 0 Å². The van der Waals surface area contributed by atoms with Crippen molar-refractivity contribution in [2.24, 2.45) is 0 Å². The summed E-state index contributed by atoms with van der Waals surface area (Å²) in [5.74, 6) is 0.206. The van der Waals surface area contributed by atoms with Crippen molar-refractivity contribution in [3.63, 3.8) is 0 Å². The number of hydrogen-bond donors (Lipinski definition) is 0. The molecule has 0 aliphatic carbocycles. The van der Waals surface area contributed by atoms with Crippen LogP contribution < -0.4 is 4.90 Å². The third-order valence-electron chi connectivity index (χ3n) is 3.07. The van der Waals surface area contributed by atoms with Crippen LogP contribution in [0.15, 0.2) is 18.2 Å². The molecule has 1 aromatic carbocycles. The van der Waals surface area contributed by atoms with Gasteiger partial charge in [-0.3, -0.25) is 9.59 Å². The number of alkyl halides is 1. The predicted octanol–water partition coefficient (Wildman–Crippen LogP) is 2.56. The van der Waals surface area contributed by atoms with Crippen molar-refractivity contribution < 1.29 is 9.59 Å². The fourth-order valence-corrected chi connectivity index (χ4v) is 2.30. The highest BCUT2D eigenvalue weighted by Crippen LogP contribution is 2.28. The summed E-state index contributed by atoms with van der Waals surface area (Å²) in [6.07, 6.45) is 1.24. The first kappa shape index (κ1) is 12.3. The second-order valence-electron chi connectivity index (χ2n) is 4.28. The number of anilines is 1. The van der Waals surface area contributed by atoms with Crippen LogP contribution in [-0.4, -0.2) is 23.6 Å². The fraction of sp³-hybridized carbons (Fsp3) is 0.385. The molecular weight excluding hydrogens is 282 g/mol. The number of aryl methyl sites for hydroxylation is 1. The number of amides is 1. The average molecular weight is 296 g/mol. The van der Waals surface area contributed by atoms with Crippen molar-refractivity contribution in [2.75, 3.05) is 11.9 Å². The number of nitrogens with zero attached hydrogens (tertiary/aromatic N) is 1. The van der Waals surface area contributed by atoms with E-state index in [0.717, 1.165) is 17.7 Å². The predicted molar refractivity (Wildman–Crippen MR) is 70.9 cm³/mol. The maximum absolute atomic E-state index is 11.8. The first-order valence-electron chi connectivity index (χ1n) is 5.58. The number of carbonyl (C=O) groups excluding carboxylic acids is 2. The van der Waals surface area contributed by atoms with E-state index in [2.05, 4.69) is 15.9 Å².